The van der Waals surface area contributed by atoms with Crippen LogP contribution in [0.1, 0.15) is 29.6 Å². The summed E-state index contributed by atoms with van der Waals surface area (Å²) < 4.78 is 5.42. The monoisotopic (exact) mass is 206 g/mol. The molecule has 1 atom stereocenters. The molecule has 0 saturated carbocycles. The number of hydrogen-bond acceptors (Lipinski definition) is 3. The van der Waals surface area contributed by atoms with Crippen LogP contribution in [0.4, 0.5) is 0 Å². The first-order valence-electron chi connectivity index (χ1n) is 5.19. The van der Waals surface area contributed by atoms with E-state index < -0.39 is 0 Å². The summed E-state index contributed by atoms with van der Waals surface area (Å²) in [5.74, 6) is -0.116. The van der Waals surface area contributed by atoms with E-state index in [1.165, 1.54) is 0 Å². The van der Waals surface area contributed by atoms with E-state index in [4.69, 9.17) is 4.74 Å². The number of nitrogens with one attached hydrogen (secondary N) is 1. The molecule has 1 aromatic heterocycles. The lowest BCUT2D eigenvalue weighted by Gasteiger charge is -2.23. The van der Waals surface area contributed by atoms with Gasteiger partial charge in [-0.2, -0.15) is 0 Å². The number of rotatable bonds is 2. The van der Waals surface area contributed by atoms with Crippen molar-refractivity contribution in [1.29, 1.82) is 0 Å². The van der Waals surface area contributed by atoms with E-state index >= 15 is 0 Å². The van der Waals surface area contributed by atoms with Crippen molar-refractivity contribution in [2.24, 2.45) is 0 Å². The van der Waals surface area contributed by atoms with Crippen molar-refractivity contribution in [3.63, 3.8) is 0 Å². The molecule has 2 rings (SSSR count). The molecule has 1 amide bonds. The van der Waals surface area contributed by atoms with Gasteiger partial charge in [0.15, 0.2) is 0 Å². The Bertz CT molecular complexity index is 321. The highest BCUT2D eigenvalue weighted by molar-refractivity contribution is 5.93. The molecule has 1 aliphatic heterocycles. The molecule has 2 heterocycles. The first kappa shape index (κ1) is 10.1. The smallest absolute Gasteiger partial charge is 0.254 e. The molecule has 4 nitrogen and oxygen atoms in total. The average Bonchev–Trinajstić information content (AvgIpc) is 2.31. The Kier molecular flexibility index (Phi) is 3.29. The van der Waals surface area contributed by atoms with Crippen LogP contribution >= 0.6 is 0 Å². The molecule has 80 valence electrons. The van der Waals surface area contributed by atoms with E-state index in [9.17, 15) is 4.79 Å². The van der Waals surface area contributed by atoms with Gasteiger partial charge in [0.05, 0.1) is 5.56 Å². The lowest BCUT2D eigenvalue weighted by Crippen LogP contribution is -2.38. The van der Waals surface area contributed by atoms with E-state index in [0.717, 1.165) is 25.9 Å². The molecule has 1 saturated heterocycles. The van der Waals surface area contributed by atoms with Gasteiger partial charge in [0.2, 0.25) is 0 Å². The van der Waals surface area contributed by atoms with E-state index in [2.05, 4.69) is 10.3 Å². The van der Waals surface area contributed by atoms with Crippen LogP contribution < -0.4 is 5.32 Å². The first-order chi connectivity index (χ1) is 7.36. The van der Waals surface area contributed by atoms with Crippen molar-refractivity contribution in [3.8, 4) is 0 Å². The Hall–Kier alpha value is -1.42. The molecule has 0 radical (unpaired) electrons. The summed E-state index contributed by atoms with van der Waals surface area (Å²) in [7, 11) is 0. The minimum Gasteiger partial charge on any atom is -0.359 e. The minimum absolute atomic E-state index is 0.116. The third kappa shape index (κ3) is 2.76. The number of hydrogen-bond donors (Lipinski definition) is 1. The van der Waals surface area contributed by atoms with E-state index in [-0.39, 0.29) is 12.1 Å². The summed E-state index contributed by atoms with van der Waals surface area (Å²) in [6, 6.07) is 3.49. The van der Waals surface area contributed by atoms with E-state index in [1.807, 2.05) is 0 Å². The second-order valence-corrected chi connectivity index (χ2v) is 3.57. The number of carbonyl (C=O) groups is 1. The molecule has 0 aliphatic carbocycles. The third-order valence-electron chi connectivity index (χ3n) is 2.40. The second-order valence-electron chi connectivity index (χ2n) is 3.57. The number of amides is 1. The van der Waals surface area contributed by atoms with Gasteiger partial charge in [-0.05, 0) is 31.4 Å². The molecule has 0 spiro atoms. The maximum atomic E-state index is 11.7. The lowest BCUT2D eigenvalue weighted by molar-refractivity contribution is -0.00266. The molecule has 1 unspecified atom stereocenters. The van der Waals surface area contributed by atoms with Crippen LogP contribution in [-0.4, -0.2) is 23.7 Å². The highest BCUT2D eigenvalue weighted by atomic mass is 16.5. The quantitative estimate of drug-likeness (QED) is 0.794. The molecule has 1 fully saturated rings. The Morgan fingerprint density at radius 1 is 1.53 bits per heavy atom. The maximum Gasteiger partial charge on any atom is 0.254 e. The Morgan fingerprint density at radius 2 is 2.47 bits per heavy atom. The van der Waals surface area contributed by atoms with Crippen LogP contribution in [-0.2, 0) is 4.74 Å². The number of nitrogens with zero attached hydrogens (tertiary/aromatic N) is 1. The first-order valence-corrected chi connectivity index (χ1v) is 5.19. The highest BCUT2D eigenvalue weighted by Gasteiger charge is 2.16. The lowest BCUT2D eigenvalue weighted by atomic mass is 10.2. The number of ether oxygens (including phenoxy) is 1. The van der Waals surface area contributed by atoms with Crippen LogP contribution in [0.3, 0.4) is 0 Å². The summed E-state index contributed by atoms with van der Waals surface area (Å²) in [5, 5.41) is 2.83. The summed E-state index contributed by atoms with van der Waals surface area (Å²) in [6.07, 6.45) is 6.15. The fourth-order valence-electron chi connectivity index (χ4n) is 1.58. The van der Waals surface area contributed by atoms with Crippen molar-refractivity contribution >= 4 is 5.91 Å². The van der Waals surface area contributed by atoms with Gasteiger partial charge in [0.1, 0.15) is 6.23 Å². The topological polar surface area (TPSA) is 51.2 Å². The van der Waals surface area contributed by atoms with Crippen molar-refractivity contribution in [2.75, 3.05) is 6.61 Å². The van der Waals surface area contributed by atoms with Crippen molar-refractivity contribution in [1.82, 2.24) is 10.3 Å². The van der Waals surface area contributed by atoms with Gasteiger partial charge >= 0.3 is 0 Å². The molecule has 1 aliphatic rings. The zero-order valence-corrected chi connectivity index (χ0v) is 8.48. The largest absolute Gasteiger partial charge is 0.359 e. The highest BCUT2D eigenvalue weighted by Crippen LogP contribution is 2.10. The van der Waals surface area contributed by atoms with Gasteiger partial charge in [0.25, 0.3) is 5.91 Å². The number of aromatic nitrogens is 1. The fraction of sp³-hybridized carbons (Fsp3) is 0.455. The van der Waals surface area contributed by atoms with Crippen molar-refractivity contribution in [3.05, 3.63) is 30.1 Å². The normalized spacial score (nSPS) is 20.9. The maximum absolute atomic E-state index is 11.7. The Morgan fingerprint density at radius 3 is 3.13 bits per heavy atom. The molecule has 15 heavy (non-hydrogen) atoms. The average molecular weight is 206 g/mol. The SMILES string of the molecule is O=C(NC1CCCCO1)c1cccnc1. The van der Waals surface area contributed by atoms with Gasteiger partial charge in [-0.3, -0.25) is 9.78 Å². The summed E-state index contributed by atoms with van der Waals surface area (Å²) >= 11 is 0. The van der Waals surface area contributed by atoms with Crippen LogP contribution in [0.2, 0.25) is 0 Å². The zero-order chi connectivity index (χ0) is 10.5. The molecular formula is C11H14N2O2. The van der Waals surface area contributed by atoms with Gasteiger partial charge in [0, 0.05) is 19.0 Å². The summed E-state index contributed by atoms with van der Waals surface area (Å²) in [4.78, 5) is 15.6. The van der Waals surface area contributed by atoms with Crippen molar-refractivity contribution < 1.29 is 9.53 Å². The molecular weight excluding hydrogens is 192 g/mol. The Labute approximate surface area is 88.7 Å². The van der Waals surface area contributed by atoms with Crippen LogP contribution in [0, 0.1) is 0 Å². The van der Waals surface area contributed by atoms with Gasteiger partial charge < -0.3 is 10.1 Å². The van der Waals surface area contributed by atoms with Crippen LogP contribution in [0.25, 0.3) is 0 Å². The minimum atomic E-state index is -0.133. The standard InChI is InChI=1S/C11H14N2O2/c14-11(9-4-3-6-12-8-9)13-10-5-1-2-7-15-10/h3-4,6,8,10H,1-2,5,7H2,(H,13,14). The van der Waals surface area contributed by atoms with Crippen LogP contribution in [0.15, 0.2) is 24.5 Å². The summed E-state index contributed by atoms with van der Waals surface area (Å²) in [6.45, 7) is 0.734. The summed E-state index contributed by atoms with van der Waals surface area (Å²) in [5.41, 5.74) is 0.576. The molecule has 4 heteroatoms. The molecule has 1 aromatic rings. The predicted octanol–water partition coefficient (Wildman–Crippen LogP) is 1.34. The van der Waals surface area contributed by atoms with Gasteiger partial charge in [-0.1, -0.05) is 0 Å². The van der Waals surface area contributed by atoms with Gasteiger partial charge in [-0.15, -0.1) is 0 Å². The number of carbonyl (C=O) groups excluding carboxylic acids is 1. The van der Waals surface area contributed by atoms with E-state index in [0.29, 0.717) is 5.56 Å². The predicted molar refractivity (Wildman–Crippen MR) is 55.3 cm³/mol. The Balaban J connectivity index is 1.91. The van der Waals surface area contributed by atoms with Crippen molar-refractivity contribution in [2.45, 2.75) is 25.5 Å². The van der Waals surface area contributed by atoms with Crippen LogP contribution in [0.5, 0.6) is 0 Å². The molecule has 0 aromatic carbocycles. The molecule has 0 bridgehead atoms. The molecule has 1 N–H and O–H groups in total. The zero-order valence-electron chi connectivity index (χ0n) is 8.48. The number of pyridine rings is 1. The van der Waals surface area contributed by atoms with Gasteiger partial charge in [-0.25, -0.2) is 0 Å². The fourth-order valence-corrected chi connectivity index (χ4v) is 1.58. The third-order valence-corrected chi connectivity index (χ3v) is 2.40. The van der Waals surface area contributed by atoms with E-state index in [1.54, 1.807) is 24.5 Å². The second kappa shape index (κ2) is 4.89.